The lowest BCUT2D eigenvalue weighted by Gasteiger charge is -2.36. The Morgan fingerprint density at radius 2 is 1.67 bits per heavy atom. The zero-order valence-corrected chi connectivity index (χ0v) is 18.6. The number of nitrogens with zero attached hydrogens (tertiary/aromatic N) is 1. The van der Waals surface area contributed by atoms with Crippen LogP contribution in [0.25, 0.3) is 0 Å². The van der Waals surface area contributed by atoms with Crippen LogP contribution in [0.2, 0.25) is 0 Å². The Bertz CT molecular complexity index is 588. The van der Waals surface area contributed by atoms with Crippen LogP contribution in [0.4, 0.5) is 5.69 Å². The van der Waals surface area contributed by atoms with Crippen molar-refractivity contribution >= 4 is 36.4 Å². The monoisotopic (exact) mass is 415 g/mol. The van der Waals surface area contributed by atoms with Crippen LogP contribution in [0.5, 0.6) is 0 Å². The first-order valence-electron chi connectivity index (χ1n) is 9.71. The second-order valence-corrected chi connectivity index (χ2v) is 8.77. The molecule has 2 aliphatic rings. The molecule has 154 valence electrons. The molecule has 0 saturated carbocycles. The molecule has 1 aromatic rings. The molecule has 0 radical (unpaired) electrons. The molecule has 4 nitrogen and oxygen atoms in total. The highest BCUT2D eigenvalue weighted by atomic mass is 35.5. The highest BCUT2D eigenvalue weighted by Gasteiger charge is 2.30. The number of nitrogens with one attached hydrogen (secondary N) is 2. The summed E-state index contributed by atoms with van der Waals surface area (Å²) in [5.74, 6) is 0.880. The van der Waals surface area contributed by atoms with Gasteiger partial charge in [0.05, 0.1) is 0 Å². The maximum Gasteiger partial charge on any atom is 0.223 e. The van der Waals surface area contributed by atoms with E-state index in [4.69, 9.17) is 0 Å². The molecule has 3 rings (SSSR count). The maximum absolute atomic E-state index is 12.4. The highest BCUT2D eigenvalue weighted by Crippen LogP contribution is 2.26. The SMILES string of the molecule is CC(C(=O)NC1CCN(c2ccc(C(C)(C)C)cc2)CC1)C1CNC1.Cl.Cl. The van der Waals surface area contributed by atoms with Crippen molar-refractivity contribution in [2.75, 3.05) is 31.1 Å². The first-order chi connectivity index (χ1) is 11.8. The van der Waals surface area contributed by atoms with Crippen molar-refractivity contribution in [3.63, 3.8) is 0 Å². The largest absolute Gasteiger partial charge is 0.371 e. The van der Waals surface area contributed by atoms with E-state index in [1.807, 2.05) is 0 Å². The van der Waals surface area contributed by atoms with Crippen molar-refractivity contribution in [1.82, 2.24) is 10.6 Å². The van der Waals surface area contributed by atoms with Gasteiger partial charge in [-0.2, -0.15) is 0 Å². The molecule has 2 N–H and O–H groups in total. The maximum atomic E-state index is 12.4. The molecule has 1 aromatic carbocycles. The zero-order chi connectivity index (χ0) is 18.0. The van der Waals surface area contributed by atoms with Gasteiger partial charge < -0.3 is 15.5 Å². The lowest BCUT2D eigenvalue weighted by atomic mass is 9.87. The van der Waals surface area contributed by atoms with E-state index < -0.39 is 0 Å². The first kappa shape index (κ1) is 24.1. The minimum absolute atomic E-state index is 0. The predicted octanol–water partition coefficient (Wildman–Crippen LogP) is 3.77. The molecule has 2 heterocycles. The van der Waals surface area contributed by atoms with Gasteiger partial charge in [-0.25, -0.2) is 0 Å². The van der Waals surface area contributed by atoms with E-state index in [0.29, 0.717) is 12.0 Å². The van der Waals surface area contributed by atoms with Crippen LogP contribution in [0.3, 0.4) is 0 Å². The zero-order valence-electron chi connectivity index (χ0n) is 17.0. The number of halogens is 2. The number of amides is 1. The highest BCUT2D eigenvalue weighted by molar-refractivity contribution is 5.85. The summed E-state index contributed by atoms with van der Waals surface area (Å²) < 4.78 is 0. The van der Waals surface area contributed by atoms with Crippen LogP contribution < -0.4 is 15.5 Å². The number of carbonyl (C=O) groups excluding carboxylic acids is 1. The van der Waals surface area contributed by atoms with Crippen LogP contribution in [-0.4, -0.2) is 38.1 Å². The standard InChI is InChI=1S/C21H33N3O.2ClH/c1-15(16-13-22-14-16)20(25)23-18-9-11-24(12-10-18)19-7-5-17(6-8-19)21(2,3)4;;/h5-8,15-16,18,22H,9-14H2,1-4H3,(H,23,25);2*1H. The van der Waals surface area contributed by atoms with Crippen LogP contribution in [0.15, 0.2) is 24.3 Å². The van der Waals surface area contributed by atoms with Crippen molar-refractivity contribution in [2.45, 2.75) is 52.0 Å². The summed E-state index contributed by atoms with van der Waals surface area (Å²) >= 11 is 0. The van der Waals surface area contributed by atoms with E-state index in [0.717, 1.165) is 39.0 Å². The molecule has 27 heavy (non-hydrogen) atoms. The number of anilines is 1. The molecule has 2 saturated heterocycles. The average Bonchev–Trinajstić information content (AvgIpc) is 2.53. The minimum Gasteiger partial charge on any atom is -0.371 e. The van der Waals surface area contributed by atoms with Gasteiger partial charge in [0.1, 0.15) is 0 Å². The summed E-state index contributed by atoms with van der Waals surface area (Å²) in [5.41, 5.74) is 2.87. The van der Waals surface area contributed by atoms with Gasteiger partial charge in [-0.05, 0) is 55.0 Å². The Kier molecular flexibility index (Phi) is 8.91. The Labute approximate surface area is 176 Å². The Morgan fingerprint density at radius 1 is 1.11 bits per heavy atom. The molecule has 0 spiro atoms. The van der Waals surface area contributed by atoms with Gasteiger partial charge in [0.25, 0.3) is 0 Å². The molecule has 2 aliphatic heterocycles. The molecule has 0 aromatic heterocycles. The van der Waals surface area contributed by atoms with E-state index in [2.05, 4.69) is 67.5 Å². The van der Waals surface area contributed by atoms with E-state index >= 15 is 0 Å². The molecule has 1 unspecified atom stereocenters. The number of carbonyl (C=O) groups is 1. The van der Waals surface area contributed by atoms with E-state index in [-0.39, 0.29) is 42.1 Å². The van der Waals surface area contributed by atoms with Crippen LogP contribution in [0.1, 0.15) is 46.1 Å². The fourth-order valence-electron chi connectivity index (χ4n) is 3.67. The van der Waals surface area contributed by atoms with Crippen LogP contribution >= 0.6 is 24.8 Å². The van der Waals surface area contributed by atoms with Gasteiger partial charge in [0.15, 0.2) is 0 Å². The predicted molar refractivity (Wildman–Crippen MR) is 119 cm³/mol. The minimum atomic E-state index is 0. The van der Waals surface area contributed by atoms with Crippen LogP contribution in [-0.2, 0) is 10.2 Å². The average molecular weight is 416 g/mol. The molecule has 6 heteroatoms. The second-order valence-electron chi connectivity index (χ2n) is 8.77. The van der Waals surface area contributed by atoms with Gasteiger partial charge in [0, 0.05) is 30.7 Å². The number of hydrogen-bond donors (Lipinski definition) is 2. The van der Waals surface area contributed by atoms with Crippen molar-refractivity contribution in [2.24, 2.45) is 11.8 Å². The fraction of sp³-hybridized carbons (Fsp3) is 0.667. The smallest absolute Gasteiger partial charge is 0.223 e. The van der Waals surface area contributed by atoms with Gasteiger partial charge in [-0.15, -0.1) is 24.8 Å². The van der Waals surface area contributed by atoms with Gasteiger partial charge >= 0.3 is 0 Å². The molecular weight excluding hydrogens is 381 g/mol. The molecule has 0 aliphatic carbocycles. The third kappa shape index (κ3) is 6.00. The molecular formula is C21H35Cl2N3O. The number of piperidine rings is 1. The summed E-state index contributed by atoms with van der Waals surface area (Å²) in [6.07, 6.45) is 2.06. The number of benzene rings is 1. The van der Waals surface area contributed by atoms with Crippen LogP contribution in [0, 0.1) is 11.8 Å². The lowest BCUT2D eigenvalue weighted by molar-refractivity contribution is -0.127. The quantitative estimate of drug-likeness (QED) is 0.786. The summed E-state index contributed by atoms with van der Waals surface area (Å²) in [6.45, 7) is 12.8. The Hall–Kier alpha value is -0.970. The third-order valence-electron chi connectivity index (χ3n) is 5.87. The van der Waals surface area contributed by atoms with Gasteiger partial charge in [0.2, 0.25) is 5.91 Å². The molecule has 0 bridgehead atoms. The molecule has 1 atom stereocenters. The Morgan fingerprint density at radius 3 is 2.11 bits per heavy atom. The summed E-state index contributed by atoms with van der Waals surface area (Å²) in [6, 6.07) is 9.30. The molecule has 2 fully saturated rings. The van der Waals surface area contributed by atoms with Crippen molar-refractivity contribution < 1.29 is 4.79 Å². The van der Waals surface area contributed by atoms with Crippen molar-refractivity contribution in [1.29, 1.82) is 0 Å². The summed E-state index contributed by atoms with van der Waals surface area (Å²) in [7, 11) is 0. The topological polar surface area (TPSA) is 44.4 Å². The van der Waals surface area contributed by atoms with Crippen molar-refractivity contribution in [3.8, 4) is 0 Å². The van der Waals surface area contributed by atoms with Crippen molar-refractivity contribution in [3.05, 3.63) is 29.8 Å². The Balaban J connectivity index is 0.00000182. The van der Waals surface area contributed by atoms with E-state index in [1.54, 1.807) is 0 Å². The summed E-state index contributed by atoms with van der Waals surface area (Å²) in [4.78, 5) is 14.8. The van der Waals surface area contributed by atoms with Gasteiger partial charge in [-0.1, -0.05) is 39.8 Å². The van der Waals surface area contributed by atoms with E-state index in [9.17, 15) is 4.79 Å². The molecule has 1 amide bonds. The first-order valence-corrected chi connectivity index (χ1v) is 9.71. The lowest BCUT2D eigenvalue weighted by Crippen LogP contribution is -2.52. The number of hydrogen-bond acceptors (Lipinski definition) is 3. The number of rotatable bonds is 4. The fourth-order valence-corrected chi connectivity index (χ4v) is 3.67. The summed E-state index contributed by atoms with van der Waals surface area (Å²) in [5, 5.41) is 6.53. The normalized spacial score (nSPS) is 19.3. The second kappa shape index (κ2) is 9.99. The van der Waals surface area contributed by atoms with E-state index in [1.165, 1.54) is 11.3 Å². The third-order valence-corrected chi connectivity index (χ3v) is 5.87. The van der Waals surface area contributed by atoms with Gasteiger partial charge in [-0.3, -0.25) is 4.79 Å².